The van der Waals surface area contributed by atoms with Gasteiger partial charge in [0.05, 0.1) is 0 Å². The van der Waals surface area contributed by atoms with Crippen molar-refractivity contribution in [2.75, 3.05) is 12.3 Å². The molecule has 2 aromatic rings. The Morgan fingerprint density at radius 2 is 1.96 bits per heavy atom. The summed E-state index contributed by atoms with van der Waals surface area (Å²) >= 11 is 7.53. The molecule has 0 unspecified atom stereocenters. The van der Waals surface area contributed by atoms with E-state index in [1.54, 1.807) is 23.9 Å². The molecule has 2 nitrogen and oxygen atoms in total. The highest BCUT2D eigenvalue weighted by Gasteiger charge is 2.07. The van der Waals surface area contributed by atoms with E-state index in [1.807, 2.05) is 6.92 Å². The summed E-state index contributed by atoms with van der Waals surface area (Å²) in [5.74, 6) is 0.989. The Balaban J connectivity index is 1.62. The summed E-state index contributed by atoms with van der Waals surface area (Å²) < 4.78 is 13.6. The first-order chi connectivity index (χ1) is 11.6. The van der Waals surface area contributed by atoms with Crippen LogP contribution in [0.1, 0.15) is 23.1 Å². The number of halogens is 2. The van der Waals surface area contributed by atoms with Crippen LogP contribution in [0.25, 0.3) is 0 Å². The van der Waals surface area contributed by atoms with Gasteiger partial charge in [-0.15, -0.1) is 0 Å². The molecule has 0 fully saturated rings. The highest BCUT2D eigenvalue weighted by molar-refractivity contribution is 7.98. The molecule has 0 aromatic heterocycles. The zero-order valence-electron chi connectivity index (χ0n) is 13.6. The van der Waals surface area contributed by atoms with Gasteiger partial charge in [0.2, 0.25) is 5.91 Å². The van der Waals surface area contributed by atoms with E-state index in [0.717, 1.165) is 12.2 Å². The van der Waals surface area contributed by atoms with Crippen LogP contribution in [-0.4, -0.2) is 18.2 Å². The number of benzene rings is 2. The third-order valence-electron chi connectivity index (χ3n) is 3.64. The molecular formula is C19H21ClFNOS. The molecule has 0 spiro atoms. The number of nitrogens with one attached hydrogen (secondary N) is 1. The van der Waals surface area contributed by atoms with E-state index in [9.17, 15) is 9.18 Å². The van der Waals surface area contributed by atoms with Gasteiger partial charge in [-0.3, -0.25) is 4.79 Å². The molecule has 2 rings (SSSR count). The van der Waals surface area contributed by atoms with Crippen LogP contribution >= 0.6 is 23.4 Å². The SMILES string of the molecule is Cc1ccc(CCC(=O)NCCSCc2c(F)cccc2Cl)cc1. The van der Waals surface area contributed by atoms with Gasteiger partial charge in [0.15, 0.2) is 0 Å². The minimum atomic E-state index is -0.280. The lowest BCUT2D eigenvalue weighted by atomic mass is 10.1. The normalized spacial score (nSPS) is 10.6. The molecule has 1 amide bonds. The Morgan fingerprint density at radius 3 is 2.67 bits per heavy atom. The topological polar surface area (TPSA) is 29.1 Å². The second-order valence-corrected chi connectivity index (χ2v) is 7.10. The quantitative estimate of drug-likeness (QED) is 0.683. The predicted molar refractivity (Wildman–Crippen MR) is 100 cm³/mol. The van der Waals surface area contributed by atoms with E-state index >= 15 is 0 Å². The number of rotatable bonds is 8. The van der Waals surface area contributed by atoms with Gasteiger partial charge in [0.25, 0.3) is 0 Å². The van der Waals surface area contributed by atoms with E-state index < -0.39 is 0 Å². The monoisotopic (exact) mass is 365 g/mol. The minimum absolute atomic E-state index is 0.0418. The number of hydrogen-bond donors (Lipinski definition) is 1. The van der Waals surface area contributed by atoms with E-state index in [2.05, 4.69) is 29.6 Å². The van der Waals surface area contributed by atoms with Crippen molar-refractivity contribution in [1.29, 1.82) is 0 Å². The molecule has 0 atom stereocenters. The summed E-state index contributed by atoms with van der Waals surface area (Å²) in [7, 11) is 0. The molecule has 0 saturated carbocycles. The molecule has 2 aromatic carbocycles. The third kappa shape index (κ3) is 6.17. The molecule has 5 heteroatoms. The number of hydrogen-bond acceptors (Lipinski definition) is 2. The molecule has 0 saturated heterocycles. The van der Waals surface area contributed by atoms with E-state index in [4.69, 9.17) is 11.6 Å². The van der Waals surface area contributed by atoms with Crippen molar-refractivity contribution in [1.82, 2.24) is 5.32 Å². The van der Waals surface area contributed by atoms with Gasteiger partial charge in [-0.25, -0.2) is 4.39 Å². The van der Waals surface area contributed by atoms with Crippen LogP contribution in [0, 0.1) is 12.7 Å². The number of carbonyl (C=O) groups is 1. The van der Waals surface area contributed by atoms with Crippen LogP contribution in [0.3, 0.4) is 0 Å². The van der Waals surface area contributed by atoms with Crippen LogP contribution in [0.15, 0.2) is 42.5 Å². The number of thioether (sulfide) groups is 1. The highest BCUT2D eigenvalue weighted by Crippen LogP contribution is 2.23. The van der Waals surface area contributed by atoms with Crippen molar-refractivity contribution >= 4 is 29.3 Å². The summed E-state index contributed by atoms with van der Waals surface area (Å²) in [5.41, 5.74) is 2.91. The van der Waals surface area contributed by atoms with Gasteiger partial charge in [-0.2, -0.15) is 11.8 Å². The van der Waals surface area contributed by atoms with Crippen LogP contribution in [0.5, 0.6) is 0 Å². The van der Waals surface area contributed by atoms with Gasteiger partial charge >= 0.3 is 0 Å². The molecular weight excluding hydrogens is 345 g/mol. The standard InChI is InChI=1S/C19H21ClFNOS/c1-14-5-7-15(8-6-14)9-10-19(23)22-11-12-24-13-16-17(20)3-2-4-18(16)21/h2-8H,9-13H2,1H3,(H,22,23). The van der Waals surface area contributed by atoms with Crippen LogP contribution in [0.4, 0.5) is 4.39 Å². The van der Waals surface area contributed by atoms with E-state index in [1.165, 1.54) is 17.2 Å². The summed E-state index contributed by atoms with van der Waals surface area (Å²) in [4.78, 5) is 11.8. The fourth-order valence-electron chi connectivity index (χ4n) is 2.21. The lowest BCUT2D eigenvalue weighted by molar-refractivity contribution is -0.120. The van der Waals surface area contributed by atoms with Crippen molar-refractivity contribution in [2.24, 2.45) is 0 Å². The minimum Gasteiger partial charge on any atom is -0.355 e. The lowest BCUT2D eigenvalue weighted by Gasteiger charge is -2.07. The van der Waals surface area contributed by atoms with Crippen molar-refractivity contribution in [2.45, 2.75) is 25.5 Å². The first kappa shape index (κ1) is 18.8. The molecule has 0 radical (unpaired) electrons. The van der Waals surface area contributed by atoms with Crippen molar-refractivity contribution < 1.29 is 9.18 Å². The summed E-state index contributed by atoms with van der Waals surface area (Å²) in [6.07, 6.45) is 1.22. The van der Waals surface area contributed by atoms with Gasteiger partial charge in [0.1, 0.15) is 5.82 Å². The van der Waals surface area contributed by atoms with Gasteiger partial charge in [-0.05, 0) is 31.0 Å². The van der Waals surface area contributed by atoms with Gasteiger partial charge < -0.3 is 5.32 Å². The second-order valence-electron chi connectivity index (χ2n) is 5.59. The Bertz CT molecular complexity index is 655. The first-order valence-electron chi connectivity index (χ1n) is 7.89. The average molecular weight is 366 g/mol. The summed E-state index contributed by atoms with van der Waals surface area (Å²) in [6.45, 7) is 2.62. The number of carbonyl (C=O) groups excluding carboxylic acids is 1. The van der Waals surface area contributed by atoms with Crippen molar-refractivity contribution in [3.8, 4) is 0 Å². The third-order valence-corrected chi connectivity index (χ3v) is 4.98. The maximum atomic E-state index is 13.6. The van der Waals surface area contributed by atoms with Crippen LogP contribution in [-0.2, 0) is 17.0 Å². The Hall–Kier alpha value is -1.52. The van der Waals surface area contributed by atoms with E-state index in [-0.39, 0.29) is 11.7 Å². The van der Waals surface area contributed by atoms with Crippen LogP contribution < -0.4 is 5.32 Å². The van der Waals surface area contributed by atoms with Crippen LogP contribution in [0.2, 0.25) is 5.02 Å². The fraction of sp³-hybridized carbons (Fsp3) is 0.316. The zero-order valence-corrected chi connectivity index (χ0v) is 15.2. The largest absolute Gasteiger partial charge is 0.355 e. The lowest BCUT2D eigenvalue weighted by Crippen LogP contribution is -2.25. The first-order valence-corrected chi connectivity index (χ1v) is 9.42. The smallest absolute Gasteiger partial charge is 0.220 e. The molecule has 24 heavy (non-hydrogen) atoms. The molecule has 0 aliphatic carbocycles. The Kier molecular flexibility index (Phi) is 7.60. The van der Waals surface area contributed by atoms with Gasteiger partial charge in [0, 0.05) is 35.1 Å². The number of aryl methyl sites for hydroxylation is 2. The van der Waals surface area contributed by atoms with Gasteiger partial charge in [-0.1, -0.05) is 47.5 Å². The van der Waals surface area contributed by atoms with Crippen molar-refractivity contribution in [3.63, 3.8) is 0 Å². The summed E-state index contributed by atoms with van der Waals surface area (Å²) in [6, 6.07) is 12.9. The number of amides is 1. The molecule has 0 aliphatic rings. The molecule has 0 aliphatic heterocycles. The maximum Gasteiger partial charge on any atom is 0.220 e. The Labute approximate surface area is 151 Å². The predicted octanol–water partition coefficient (Wildman–Crippen LogP) is 4.77. The zero-order chi connectivity index (χ0) is 17.4. The maximum absolute atomic E-state index is 13.6. The second kappa shape index (κ2) is 9.70. The molecule has 0 heterocycles. The molecule has 0 bridgehead atoms. The highest BCUT2D eigenvalue weighted by atomic mass is 35.5. The molecule has 128 valence electrons. The Morgan fingerprint density at radius 1 is 1.21 bits per heavy atom. The molecule has 1 N–H and O–H groups in total. The summed E-state index contributed by atoms with van der Waals surface area (Å²) in [5, 5.41) is 3.34. The average Bonchev–Trinajstić information content (AvgIpc) is 2.56. The fourth-order valence-corrected chi connectivity index (χ4v) is 3.41. The van der Waals surface area contributed by atoms with Crippen molar-refractivity contribution in [3.05, 3.63) is 70.0 Å². The van der Waals surface area contributed by atoms with E-state index in [0.29, 0.717) is 29.3 Å².